The molecule has 2 heterocycles. The molecule has 0 unspecified atom stereocenters. The first-order valence-electron chi connectivity index (χ1n) is 13.9. The minimum atomic E-state index is -1.16. The average molecular weight is 534 g/mol. The van der Waals surface area contributed by atoms with Gasteiger partial charge in [0.05, 0.1) is 23.9 Å². The number of imidazole rings is 1. The smallest absolute Gasteiger partial charge is 0.224 e. The van der Waals surface area contributed by atoms with Gasteiger partial charge in [0.15, 0.2) is 0 Å². The molecule has 4 aromatic rings. The van der Waals surface area contributed by atoms with E-state index in [2.05, 4.69) is 25.8 Å². The lowest BCUT2D eigenvalue weighted by molar-refractivity contribution is -0.127. The van der Waals surface area contributed by atoms with Crippen molar-refractivity contribution in [3.8, 4) is 6.07 Å². The predicted octanol–water partition coefficient (Wildman–Crippen LogP) is 4.11. The van der Waals surface area contributed by atoms with Gasteiger partial charge in [-0.1, -0.05) is 72.8 Å². The molecule has 7 heteroatoms. The minimum Gasteiger partial charge on any atom is -0.379 e. The second-order valence-corrected chi connectivity index (χ2v) is 10.5. The Morgan fingerprint density at radius 3 is 2.35 bits per heavy atom. The van der Waals surface area contributed by atoms with Gasteiger partial charge < -0.3 is 15.0 Å². The average Bonchev–Trinajstić information content (AvgIpc) is 3.45. The second kappa shape index (κ2) is 12.7. The Labute approximate surface area is 235 Å². The molecule has 204 valence electrons. The molecule has 1 saturated heterocycles. The largest absolute Gasteiger partial charge is 0.379 e. The molecule has 1 aliphatic rings. The maximum atomic E-state index is 13.2. The molecule has 0 spiro atoms. The van der Waals surface area contributed by atoms with Crippen LogP contribution in [0.5, 0.6) is 0 Å². The number of hydrogen-bond donors (Lipinski definition) is 2. The minimum absolute atomic E-state index is 0.0609. The molecule has 1 fully saturated rings. The lowest BCUT2D eigenvalue weighted by Gasteiger charge is -2.39. The maximum Gasteiger partial charge on any atom is 0.224 e. The zero-order valence-electron chi connectivity index (χ0n) is 22.6. The van der Waals surface area contributed by atoms with Crippen LogP contribution in [-0.4, -0.2) is 51.6 Å². The van der Waals surface area contributed by atoms with Gasteiger partial charge in [0.1, 0.15) is 5.60 Å². The fraction of sp³-hybridized carbons (Fsp3) is 0.303. The number of likely N-dealkylation sites (tertiary alicyclic amines) is 1. The quantitative estimate of drug-likeness (QED) is 0.320. The normalized spacial score (nSPS) is 15.8. The Balaban J connectivity index is 1.17. The van der Waals surface area contributed by atoms with Crippen LogP contribution in [0.2, 0.25) is 0 Å². The summed E-state index contributed by atoms with van der Waals surface area (Å²) in [5.41, 5.74) is 3.33. The van der Waals surface area contributed by atoms with E-state index >= 15 is 0 Å². The molecule has 0 bridgehead atoms. The van der Waals surface area contributed by atoms with Crippen LogP contribution in [0.3, 0.4) is 0 Å². The molecule has 5 rings (SSSR count). The molecule has 3 aromatic carbocycles. The summed E-state index contributed by atoms with van der Waals surface area (Å²) in [6.45, 7) is 3.09. The number of aromatic nitrogens is 2. The van der Waals surface area contributed by atoms with E-state index in [4.69, 9.17) is 5.26 Å². The van der Waals surface area contributed by atoms with Crippen molar-refractivity contribution < 1.29 is 9.90 Å². The van der Waals surface area contributed by atoms with Gasteiger partial charge in [0, 0.05) is 44.5 Å². The lowest BCUT2D eigenvalue weighted by Crippen LogP contribution is -2.49. The molecule has 1 aliphatic heterocycles. The van der Waals surface area contributed by atoms with Crippen molar-refractivity contribution in [3.05, 3.63) is 125 Å². The summed E-state index contributed by atoms with van der Waals surface area (Å²) >= 11 is 0. The van der Waals surface area contributed by atoms with Gasteiger partial charge in [-0.05, 0) is 48.2 Å². The van der Waals surface area contributed by atoms with E-state index < -0.39 is 5.60 Å². The maximum absolute atomic E-state index is 13.2. The molecular weight excluding hydrogens is 498 g/mol. The predicted molar refractivity (Wildman–Crippen MR) is 154 cm³/mol. The van der Waals surface area contributed by atoms with Crippen LogP contribution in [0.15, 0.2) is 97.5 Å². The highest BCUT2D eigenvalue weighted by Crippen LogP contribution is 2.32. The van der Waals surface area contributed by atoms with Crippen molar-refractivity contribution in [2.75, 3.05) is 26.2 Å². The summed E-state index contributed by atoms with van der Waals surface area (Å²) < 4.78 is 2.07. The number of carbonyl (C=O) groups excluding carboxylic acids is 1. The van der Waals surface area contributed by atoms with E-state index in [0.717, 1.165) is 41.8 Å². The molecule has 7 nitrogen and oxygen atoms in total. The SMILES string of the molecule is N#Cc1ccc(Cn2cncc2CCNC(=O)[C@H]2CCCN(CC(O)(c3ccccc3)c3ccccc3)C2)cc1. The molecule has 1 amide bonds. The fourth-order valence-corrected chi connectivity index (χ4v) is 5.55. The highest BCUT2D eigenvalue weighted by Gasteiger charge is 2.36. The third-order valence-corrected chi connectivity index (χ3v) is 7.75. The Hall–Kier alpha value is -4.25. The van der Waals surface area contributed by atoms with E-state index in [-0.39, 0.29) is 11.8 Å². The first-order chi connectivity index (χ1) is 19.5. The number of piperidine rings is 1. The van der Waals surface area contributed by atoms with Crippen LogP contribution in [0.1, 0.15) is 40.8 Å². The number of nitriles is 1. The number of carbonyl (C=O) groups is 1. The molecule has 0 aliphatic carbocycles. The van der Waals surface area contributed by atoms with Crippen LogP contribution in [0.25, 0.3) is 0 Å². The Morgan fingerprint density at radius 1 is 1.02 bits per heavy atom. The first-order valence-corrected chi connectivity index (χ1v) is 13.9. The fourth-order valence-electron chi connectivity index (χ4n) is 5.55. The molecule has 1 aromatic heterocycles. The Morgan fingerprint density at radius 2 is 1.70 bits per heavy atom. The van der Waals surface area contributed by atoms with Crippen molar-refractivity contribution in [1.29, 1.82) is 5.26 Å². The van der Waals surface area contributed by atoms with Gasteiger partial charge in [-0.3, -0.25) is 9.69 Å². The van der Waals surface area contributed by atoms with Crippen LogP contribution < -0.4 is 5.32 Å². The van der Waals surface area contributed by atoms with Gasteiger partial charge >= 0.3 is 0 Å². The van der Waals surface area contributed by atoms with E-state index in [1.165, 1.54) is 0 Å². The second-order valence-electron chi connectivity index (χ2n) is 10.5. The van der Waals surface area contributed by atoms with Crippen LogP contribution in [0.4, 0.5) is 0 Å². The number of nitrogens with zero attached hydrogens (tertiary/aromatic N) is 4. The molecular formula is C33H35N5O2. The summed E-state index contributed by atoms with van der Waals surface area (Å²) in [5, 5.41) is 24.1. The van der Waals surface area contributed by atoms with E-state index in [0.29, 0.717) is 38.2 Å². The standard InChI is InChI=1S/C33H35N5O2/c34-20-26-13-15-27(16-14-26)22-38-25-35-21-31(38)17-18-36-32(39)28-8-7-19-37(23-28)24-33(40,29-9-3-1-4-10-29)30-11-5-2-6-12-30/h1-6,9-16,21,25,28,40H,7-8,17-19,22-24H2,(H,36,39)/t28-/m0/s1. The highest BCUT2D eigenvalue weighted by molar-refractivity contribution is 5.79. The summed E-state index contributed by atoms with van der Waals surface area (Å²) in [5.74, 6) is -0.0566. The van der Waals surface area contributed by atoms with E-state index in [1.807, 2.05) is 91.1 Å². The van der Waals surface area contributed by atoms with Crippen molar-refractivity contribution in [1.82, 2.24) is 19.8 Å². The van der Waals surface area contributed by atoms with Crippen LogP contribution >= 0.6 is 0 Å². The van der Waals surface area contributed by atoms with Gasteiger partial charge in [-0.25, -0.2) is 4.98 Å². The van der Waals surface area contributed by atoms with E-state index in [1.54, 1.807) is 6.33 Å². The lowest BCUT2D eigenvalue weighted by atomic mass is 9.84. The monoisotopic (exact) mass is 533 g/mol. The van der Waals surface area contributed by atoms with Gasteiger partial charge in [-0.2, -0.15) is 5.26 Å². The molecule has 40 heavy (non-hydrogen) atoms. The van der Waals surface area contributed by atoms with Crippen molar-refractivity contribution >= 4 is 5.91 Å². The number of nitrogens with one attached hydrogen (secondary N) is 1. The van der Waals surface area contributed by atoms with Crippen LogP contribution in [0, 0.1) is 17.2 Å². The van der Waals surface area contributed by atoms with Gasteiger partial charge in [0.25, 0.3) is 0 Å². The van der Waals surface area contributed by atoms with Crippen molar-refractivity contribution in [2.45, 2.75) is 31.4 Å². The first kappa shape index (κ1) is 27.3. The Bertz CT molecular complexity index is 1390. The summed E-state index contributed by atoms with van der Waals surface area (Å²) in [6.07, 6.45) is 6.07. The summed E-state index contributed by atoms with van der Waals surface area (Å²) in [6, 6.07) is 29.3. The van der Waals surface area contributed by atoms with Crippen molar-refractivity contribution in [2.24, 2.45) is 5.92 Å². The zero-order chi connectivity index (χ0) is 27.8. The summed E-state index contributed by atoms with van der Waals surface area (Å²) in [4.78, 5) is 19.7. The number of benzene rings is 3. The molecule has 0 saturated carbocycles. The summed E-state index contributed by atoms with van der Waals surface area (Å²) in [7, 11) is 0. The van der Waals surface area contributed by atoms with Crippen LogP contribution in [-0.2, 0) is 23.4 Å². The zero-order valence-corrected chi connectivity index (χ0v) is 22.6. The molecule has 1 atom stereocenters. The number of hydrogen-bond acceptors (Lipinski definition) is 5. The number of β-amino-alcohol motifs (C(OH)–C–C–N with tert-alkyl or cyclic N) is 1. The molecule has 2 N–H and O–H groups in total. The van der Waals surface area contributed by atoms with Gasteiger partial charge in [0.2, 0.25) is 5.91 Å². The Kier molecular flexibility index (Phi) is 8.70. The topological polar surface area (TPSA) is 94.2 Å². The number of aliphatic hydroxyl groups is 1. The van der Waals surface area contributed by atoms with Crippen molar-refractivity contribution in [3.63, 3.8) is 0 Å². The third kappa shape index (κ3) is 6.48. The van der Waals surface area contributed by atoms with E-state index in [9.17, 15) is 9.90 Å². The molecule has 0 radical (unpaired) electrons. The number of rotatable bonds is 10. The third-order valence-electron chi connectivity index (χ3n) is 7.75. The number of amides is 1. The van der Waals surface area contributed by atoms with Gasteiger partial charge in [-0.15, -0.1) is 0 Å². The highest BCUT2D eigenvalue weighted by atomic mass is 16.3.